The maximum atomic E-state index is 12.3. The molecule has 0 radical (unpaired) electrons. The monoisotopic (exact) mass is 392 g/mol. The number of non-ortho nitro benzene ring substituents is 1. The normalized spacial score (nSPS) is 10.1. The molecule has 0 saturated carbocycles. The molecule has 24 heavy (non-hydrogen) atoms. The lowest BCUT2D eigenvalue weighted by molar-refractivity contribution is -0.384. The molecule has 2 aromatic carbocycles. The lowest BCUT2D eigenvalue weighted by Crippen LogP contribution is -2.14. The summed E-state index contributed by atoms with van der Waals surface area (Å²) in [7, 11) is 0. The summed E-state index contributed by atoms with van der Waals surface area (Å²) in [6.45, 7) is 1.75. The maximum Gasteiger partial charge on any atom is 0.338 e. The molecule has 1 N–H and O–H groups in total. The fraction of sp³-hybridized carbons (Fsp3) is 0.125. The van der Waals surface area contributed by atoms with Gasteiger partial charge in [-0.2, -0.15) is 0 Å². The Kier molecular flexibility index (Phi) is 5.64. The van der Waals surface area contributed by atoms with Gasteiger partial charge in [0.1, 0.15) is 0 Å². The quantitative estimate of drug-likeness (QED) is 0.474. The van der Waals surface area contributed by atoms with Gasteiger partial charge in [-0.25, -0.2) is 4.79 Å². The van der Waals surface area contributed by atoms with E-state index in [1.807, 2.05) is 0 Å². The summed E-state index contributed by atoms with van der Waals surface area (Å²) < 4.78 is 5.60. The van der Waals surface area contributed by atoms with Crippen LogP contribution in [0.15, 0.2) is 46.9 Å². The zero-order chi connectivity index (χ0) is 17.7. The van der Waals surface area contributed by atoms with Gasteiger partial charge in [0.15, 0.2) is 0 Å². The molecule has 0 aliphatic rings. The second-order valence-electron chi connectivity index (χ2n) is 4.71. The van der Waals surface area contributed by atoms with Crippen molar-refractivity contribution in [2.45, 2.75) is 6.92 Å². The number of nitro benzene ring substituents is 1. The summed E-state index contributed by atoms with van der Waals surface area (Å²) in [5.74, 6) is -1.29. The van der Waals surface area contributed by atoms with Crippen molar-refractivity contribution < 1.29 is 19.2 Å². The van der Waals surface area contributed by atoms with Crippen molar-refractivity contribution in [2.75, 3.05) is 11.9 Å². The molecular weight excluding hydrogens is 380 g/mol. The molecule has 2 aromatic rings. The lowest BCUT2D eigenvalue weighted by atomic mass is 10.1. The third-order valence-electron chi connectivity index (χ3n) is 2.98. The number of nitro groups is 1. The van der Waals surface area contributed by atoms with E-state index in [1.54, 1.807) is 31.2 Å². The second-order valence-corrected chi connectivity index (χ2v) is 5.63. The topological polar surface area (TPSA) is 98.5 Å². The molecule has 0 heterocycles. The number of halogens is 1. The number of hydrogen-bond acceptors (Lipinski definition) is 5. The predicted octanol–water partition coefficient (Wildman–Crippen LogP) is 3.79. The third kappa shape index (κ3) is 4.39. The Morgan fingerprint density at radius 3 is 2.54 bits per heavy atom. The lowest BCUT2D eigenvalue weighted by Gasteiger charge is -2.08. The maximum absolute atomic E-state index is 12.3. The molecule has 1 amide bonds. The molecule has 0 fully saturated rings. The van der Waals surface area contributed by atoms with E-state index in [0.29, 0.717) is 5.69 Å². The van der Waals surface area contributed by atoms with Gasteiger partial charge in [0.05, 0.1) is 17.1 Å². The Balaban J connectivity index is 2.35. The molecule has 7 nitrogen and oxygen atoms in total. The van der Waals surface area contributed by atoms with Gasteiger partial charge in [-0.1, -0.05) is 22.0 Å². The number of ether oxygens (including phenoxy) is 1. The molecule has 0 spiro atoms. The summed E-state index contributed by atoms with van der Waals surface area (Å²) >= 11 is 3.29. The van der Waals surface area contributed by atoms with Crippen LogP contribution < -0.4 is 5.32 Å². The number of nitrogens with one attached hydrogen (secondary N) is 1. The minimum absolute atomic E-state index is 0.00720. The molecule has 8 heteroatoms. The first-order valence-corrected chi connectivity index (χ1v) is 7.73. The van der Waals surface area contributed by atoms with Crippen LogP contribution in [0.3, 0.4) is 0 Å². The number of hydrogen-bond donors (Lipinski definition) is 1. The molecule has 0 aliphatic carbocycles. The van der Waals surface area contributed by atoms with Gasteiger partial charge in [-0.05, 0) is 31.2 Å². The van der Waals surface area contributed by atoms with Crippen LogP contribution in [-0.4, -0.2) is 23.4 Å². The van der Waals surface area contributed by atoms with Crippen molar-refractivity contribution in [3.05, 3.63) is 68.2 Å². The highest BCUT2D eigenvalue weighted by atomic mass is 79.9. The fourth-order valence-corrected chi connectivity index (χ4v) is 2.35. The largest absolute Gasteiger partial charge is 0.462 e. The minimum atomic E-state index is -0.724. The average Bonchev–Trinajstić information content (AvgIpc) is 2.54. The summed E-state index contributed by atoms with van der Waals surface area (Å²) in [5, 5.41) is 13.6. The van der Waals surface area contributed by atoms with E-state index in [4.69, 9.17) is 4.74 Å². The first kappa shape index (κ1) is 17.6. The summed E-state index contributed by atoms with van der Waals surface area (Å²) in [6.07, 6.45) is 0. The molecule has 0 atom stereocenters. The molecule has 2 rings (SSSR count). The Hall–Kier alpha value is -2.74. The summed E-state index contributed by atoms with van der Waals surface area (Å²) in [6, 6.07) is 10.3. The number of benzene rings is 2. The predicted molar refractivity (Wildman–Crippen MR) is 91.1 cm³/mol. The van der Waals surface area contributed by atoms with Gasteiger partial charge in [0.25, 0.3) is 11.6 Å². The number of anilines is 1. The average molecular weight is 393 g/mol. The molecule has 0 saturated heterocycles. The van der Waals surface area contributed by atoms with Gasteiger partial charge in [-0.3, -0.25) is 14.9 Å². The Labute approximate surface area is 145 Å². The van der Waals surface area contributed by atoms with E-state index in [-0.39, 0.29) is 23.4 Å². The zero-order valence-electron chi connectivity index (χ0n) is 12.6. The van der Waals surface area contributed by atoms with Gasteiger partial charge in [-0.15, -0.1) is 0 Å². The first-order chi connectivity index (χ1) is 11.4. The number of carbonyl (C=O) groups excluding carboxylic acids is 2. The number of carbonyl (C=O) groups is 2. The Morgan fingerprint density at radius 1 is 1.21 bits per heavy atom. The van der Waals surface area contributed by atoms with Crippen LogP contribution in [0.4, 0.5) is 11.4 Å². The SMILES string of the molecule is CCOC(=O)c1cc(C(=O)Nc2cccc(Br)c2)cc([N+](=O)[O-])c1. The van der Waals surface area contributed by atoms with Crippen LogP contribution in [0.1, 0.15) is 27.6 Å². The highest BCUT2D eigenvalue weighted by Gasteiger charge is 2.18. The summed E-state index contributed by atoms with van der Waals surface area (Å²) in [4.78, 5) is 34.5. The van der Waals surface area contributed by atoms with Crippen LogP contribution >= 0.6 is 15.9 Å². The summed E-state index contributed by atoms with van der Waals surface area (Å²) in [5.41, 5.74) is 0.0937. The van der Waals surface area contributed by atoms with Crippen molar-refractivity contribution in [2.24, 2.45) is 0 Å². The zero-order valence-corrected chi connectivity index (χ0v) is 14.2. The second kappa shape index (κ2) is 7.69. The van der Waals surface area contributed by atoms with Crippen molar-refractivity contribution in [3.63, 3.8) is 0 Å². The third-order valence-corrected chi connectivity index (χ3v) is 3.48. The van der Waals surface area contributed by atoms with Crippen LogP contribution in [0.5, 0.6) is 0 Å². The van der Waals surface area contributed by atoms with Crippen LogP contribution in [0, 0.1) is 10.1 Å². The minimum Gasteiger partial charge on any atom is -0.462 e. The van der Waals surface area contributed by atoms with Gasteiger partial charge < -0.3 is 10.1 Å². The van der Waals surface area contributed by atoms with E-state index in [9.17, 15) is 19.7 Å². The Morgan fingerprint density at radius 2 is 1.92 bits per heavy atom. The van der Waals surface area contributed by atoms with E-state index in [1.165, 1.54) is 6.07 Å². The molecular formula is C16H13BrN2O5. The van der Waals surface area contributed by atoms with Crippen LogP contribution in [0.2, 0.25) is 0 Å². The number of rotatable bonds is 5. The molecule has 0 unspecified atom stereocenters. The van der Waals surface area contributed by atoms with Crippen LogP contribution in [-0.2, 0) is 4.74 Å². The highest BCUT2D eigenvalue weighted by molar-refractivity contribution is 9.10. The number of esters is 1. The first-order valence-electron chi connectivity index (χ1n) is 6.94. The fourth-order valence-electron chi connectivity index (χ4n) is 1.95. The van der Waals surface area contributed by atoms with Gasteiger partial charge in [0.2, 0.25) is 0 Å². The standard InChI is InChI=1S/C16H13BrN2O5/c1-2-24-16(21)11-6-10(7-14(8-11)19(22)23)15(20)18-13-5-3-4-12(17)9-13/h3-9H,2H2,1H3,(H,18,20). The number of nitrogens with zero attached hydrogens (tertiary/aromatic N) is 1. The molecule has 0 bridgehead atoms. The van der Waals surface area contributed by atoms with E-state index >= 15 is 0 Å². The molecule has 124 valence electrons. The molecule has 0 aromatic heterocycles. The van der Waals surface area contributed by atoms with Crippen LogP contribution in [0.25, 0.3) is 0 Å². The van der Waals surface area contributed by atoms with Gasteiger partial charge in [0, 0.05) is 27.9 Å². The van der Waals surface area contributed by atoms with Gasteiger partial charge >= 0.3 is 5.97 Å². The number of amides is 1. The van der Waals surface area contributed by atoms with Crippen molar-refractivity contribution in [3.8, 4) is 0 Å². The Bertz CT molecular complexity index is 807. The van der Waals surface area contributed by atoms with Crippen molar-refractivity contribution >= 4 is 39.2 Å². The smallest absolute Gasteiger partial charge is 0.338 e. The molecule has 0 aliphatic heterocycles. The van der Waals surface area contributed by atoms with E-state index in [0.717, 1.165) is 16.6 Å². The van der Waals surface area contributed by atoms with Crippen molar-refractivity contribution in [1.82, 2.24) is 0 Å². The van der Waals surface area contributed by atoms with E-state index < -0.39 is 16.8 Å². The van der Waals surface area contributed by atoms with Crippen molar-refractivity contribution in [1.29, 1.82) is 0 Å². The highest BCUT2D eigenvalue weighted by Crippen LogP contribution is 2.21. The van der Waals surface area contributed by atoms with E-state index in [2.05, 4.69) is 21.2 Å².